The van der Waals surface area contributed by atoms with Crippen LogP contribution in [0.4, 0.5) is 0 Å². The van der Waals surface area contributed by atoms with Gasteiger partial charge in [-0.1, -0.05) is 11.6 Å². The molecule has 2 heterocycles. The average molecular weight is 360 g/mol. The first-order chi connectivity index (χ1) is 8.96. The molecule has 3 N–H and O–H groups in total. The Kier molecular flexibility index (Phi) is 6.70. The number of amides is 1. The second kappa shape index (κ2) is 7.58. The number of thiophene rings is 1. The molecule has 0 spiro atoms. The van der Waals surface area contributed by atoms with Gasteiger partial charge < -0.3 is 10.6 Å². The van der Waals surface area contributed by atoms with E-state index in [1.165, 1.54) is 0 Å². The van der Waals surface area contributed by atoms with Crippen LogP contribution in [0.2, 0.25) is 4.34 Å². The average Bonchev–Trinajstić information content (AvgIpc) is 2.70. The van der Waals surface area contributed by atoms with Crippen molar-refractivity contribution in [3.05, 3.63) is 21.3 Å². The van der Waals surface area contributed by atoms with Gasteiger partial charge in [0.25, 0.3) is 5.91 Å². The molecule has 0 saturated carbocycles. The van der Waals surface area contributed by atoms with Gasteiger partial charge in [0.1, 0.15) is 0 Å². The Morgan fingerprint density at radius 1 is 1.45 bits per heavy atom. The summed E-state index contributed by atoms with van der Waals surface area (Å²) in [4.78, 5) is 12.1. The SMILES string of the molecule is Cl.O=C(NCCS(=O)(=O)NC1CNC1)c1ccc(Cl)s1. The normalized spacial score (nSPS) is 15.2. The largest absolute Gasteiger partial charge is 0.350 e. The molecule has 1 amide bonds. The van der Waals surface area contributed by atoms with Gasteiger partial charge in [0.15, 0.2) is 0 Å². The van der Waals surface area contributed by atoms with Gasteiger partial charge in [0.05, 0.1) is 15.0 Å². The third kappa shape index (κ3) is 5.19. The molecule has 1 fully saturated rings. The van der Waals surface area contributed by atoms with Crippen molar-refractivity contribution in [2.75, 3.05) is 25.4 Å². The summed E-state index contributed by atoms with van der Waals surface area (Å²) in [6, 6.07) is 3.20. The quantitative estimate of drug-likeness (QED) is 0.687. The molecule has 10 heteroatoms. The molecule has 1 aliphatic heterocycles. The summed E-state index contributed by atoms with van der Waals surface area (Å²) in [6.45, 7) is 1.38. The zero-order chi connectivity index (χ0) is 13.9. The van der Waals surface area contributed by atoms with E-state index in [1.807, 2.05) is 0 Å². The summed E-state index contributed by atoms with van der Waals surface area (Å²) in [6.07, 6.45) is 0. The monoisotopic (exact) mass is 359 g/mol. The fourth-order valence-corrected chi connectivity index (χ4v) is 3.63. The smallest absolute Gasteiger partial charge is 0.261 e. The van der Waals surface area contributed by atoms with Gasteiger partial charge in [-0.25, -0.2) is 13.1 Å². The minimum Gasteiger partial charge on any atom is -0.350 e. The van der Waals surface area contributed by atoms with E-state index < -0.39 is 10.0 Å². The summed E-state index contributed by atoms with van der Waals surface area (Å²) < 4.78 is 26.4. The van der Waals surface area contributed by atoms with Crippen LogP contribution in [0.1, 0.15) is 9.67 Å². The van der Waals surface area contributed by atoms with Crippen molar-refractivity contribution in [1.82, 2.24) is 15.4 Å². The molecule has 0 unspecified atom stereocenters. The van der Waals surface area contributed by atoms with Crippen molar-refractivity contribution >= 4 is 51.3 Å². The summed E-state index contributed by atoms with van der Waals surface area (Å²) >= 11 is 6.87. The first-order valence-electron chi connectivity index (χ1n) is 5.70. The maximum Gasteiger partial charge on any atom is 0.261 e. The second-order valence-corrected chi connectivity index (χ2v) is 7.74. The topological polar surface area (TPSA) is 87.3 Å². The van der Waals surface area contributed by atoms with Crippen molar-refractivity contribution in [3.8, 4) is 0 Å². The van der Waals surface area contributed by atoms with E-state index in [9.17, 15) is 13.2 Å². The standard InChI is InChI=1S/C10H14ClN3O3S2.ClH/c11-9-2-1-8(18-9)10(15)13-3-4-19(16,17)14-7-5-12-6-7;/h1-2,7,12,14H,3-6H2,(H,13,15);1H. The third-order valence-electron chi connectivity index (χ3n) is 2.58. The van der Waals surface area contributed by atoms with E-state index in [-0.39, 0.29) is 36.7 Å². The van der Waals surface area contributed by atoms with Crippen molar-refractivity contribution in [2.45, 2.75) is 6.04 Å². The highest BCUT2D eigenvalue weighted by atomic mass is 35.5. The number of hydrogen-bond acceptors (Lipinski definition) is 5. The maximum atomic E-state index is 11.6. The third-order valence-corrected chi connectivity index (χ3v) is 5.24. The van der Waals surface area contributed by atoms with Gasteiger partial charge >= 0.3 is 0 Å². The predicted molar refractivity (Wildman–Crippen MR) is 82.5 cm³/mol. The summed E-state index contributed by atoms with van der Waals surface area (Å²) in [5, 5.41) is 5.53. The zero-order valence-electron chi connectivity index (χ0n) is 10.4. The number of carbonyl (C=O) groups is 1. The molecule has 20 heavy (non-hydrogen) atoms. The van der Waals surface area contributed by atoms with Crippen LogP contribution in [0.25, 0.3) is 0 Å². The van der Waals surface area contributed by atoms with E-state index in [4.69, 9.17) is 11.6 Å². The van der Waals surface area contributed by atoms with E-state index in [2.05, 4.69) is 15.4 Å². The molecule has 0 aliphatic carbocycles. The highest BCUT2D eigenvalue weighted by Gasteiger charge is 2.22. The number of carbonyl (C=O) groups excluding carboxylic acids is 1. The van der Waals surface area contributed by atoms with Gasteiger partial charge in [0, 0.05) is 25.7 Å². The Morgan fingerprint density at radius 3 is 2.65 bits per heavy atom. The maximum absolute atomic E-state index is 11.6. The Balaban J connectivity index is 0.00000200. The van der Waals surface area contributed by atoms with E-state index >= 15 is 0 Å². The minimum atomic E-state index is -3.34. The van der Waals surface area contributed by atoms with E-state index in [0.29, 0.717) is 22.3 Å². The van der Waals surface area contributed by atoms with Gasteiger partial charge in [-0.2, -0.15) is 0 Å². The molecule has 1 saturated heterocycles. The lowest BCUT2D eigenvalue weighted by Gasteiger charge is -2.27. The minimum absolute atomic E-state index is 0. The molecule has 1 aromatic rings. The van der Waals surface area contributed by atoms with Crippen molar-refractivity contribution in [3.63, 3.8) is 0 Å². The number of hydrogen-bond donors (Lipinski definition) is 3. The van der Waals surface area contributed by atoms with Crippen LogP contribution in [-0.2, 0) is 10.0 Å². The molecule has 0 atom stereocenters. The van der Waals surface area contributed by atoms with Crippen LogP contribution in [0, 0.1) is 0 Å². The van der Waals surface area contributed by atoms with Crippen LogP contribution < -0.4 is 15.4 Å². The van der Waals surface area contributed by atoms with Crippen molar-refractivity contribution in [1.29, 1.82) is 0 Å². The Labute approximate surface area is 132 Å². The van der Waals surface area contributed by atoms with Gasteiger partial charge in [-0.3, -0.25) is 4.79 Å². The fraction of sp³-hybridized carbons (Fsp3) is 0.500. The van der Waals surface area contributed by atoms with Crippen LogP contribution >= 0.6 is 35.3 Å². The van der Waals surface area contributed by atoms with Crippen molar-refractivity contribution in [2.24, 2.45) is 0 Å². The lowest BCUT2D eigenvalue weighted by atomic mass is 10.2. The number of sulfonamides is 1. The molecule has 0 aromatic carbocycles. The predicted octanol–water partition coefficient (Wildman–Crippen LogP) is 0.444. The highest BCUT2D eigenvalue weighted by Crippen LogP contribution is 2.20. The number of rotatable bonds is 6. The molecule has 6 nitrogen and oxygen atoms in total. The van der Waals surface area contributed by atoms with Gasteiger partial charge in [0.2, 0.25) is 10.0 Å². The van der Waals surface area contributed by atoms with Crippen molar-refractivity contribution < 1.29 is 13.2 Å². The Morgan fingerprint density at radius 2 is 2.15 bits per heavy atom. The second-order valence-electron chi connectivity index (χ2n) is 4.15. The Bertz CT molecular complexity index is 558. The van der Waals surface area contributed by atoms with Crippen LogP contribution in [0.5, 0.6) is 0 Å². The lowest BCUT2D eigenvalue weighted by Crippen LogP contribution is -2.57. The van der Waals surface area contributed by atoms with Crippen LogP contribution in [0.15, 0.2) is 12.1 Å². The summed E-state index contributed by atoms with van der Waals surface area (Å²) in [7, 11) is -3.34. The lowest BCUT2D eigenvalue weighted by molar-refractivity contribution is 0.0960. The molecule has 2 rings (SSSR count). The summed E-state index contributed by atoms with van der Waals surface area (Å²) in [5.41, 5.74) is 0. The fourth-order valence-electron chi connectivity index (χ4n) is 1.51. The molecule has 1 aromatic heterocycles. The van der Waals surface area contributed by atoms with Crippen LogP contribution in [-0.4, -0.2) is 45.8 Å². The number of halogens is 2. The zero-order valence-corrected chi connectivity index (χ0v) is 13.6. The molecule has 114 valence electrons. The van der Waals surface area contributed by atoms with E-state index in [1.54, 1.807) is 12.1 Å². The summed E-state index contributed by atoms with van der Waals surface area (Å²) in [5.74, 6) is -0.439. The van der Waals surface area contributed by atoms with Gasteiger partial charge in [-0.05, 0) is 12.1 Å². The van der Waals surface area contributed by atoms with E-state index in [0.717, 1.165) is 11.3 Å². The Hall–Kier alpha value is -0.380. The molecular weight excluding hydrogens is 345 g/mol. The number of nitrogens with one attached hydrogen (secondary N) is 3. The molecule has 0 bridgehead atoms. The first-order valence-corrected chi connectivity index (χ1v) is 8.55. The first kappa shape index (κ1) is 17.7. The molecular formula is C10H15Cl2N3O3S2. The highest BCUT2D eigenvalue weighted by molar-refractivity contribution is 7.89. The van der Waals surface area contributed by atoms with Crippen LogP contribution in [0.3, 0.4) is 0 Å². The molecule has 0 radical (unpaired) electrons. The molecule has 1 aliphatic rings. The van der Waals surface area contributed by atoms with Gasteiger partial charge in [-0.15, -0.1) is 23.7 Å².